The Hall–Kier alpha value is -2.61. The summed E-state index contributed by atoms with van der Waals surface area (Å²) in [6.07, 6.45) is 3.19. The molecule has 2 N–H and O–H groups in total. The number of amides is 2. The first-order valence-corrected chi connectivity index (χ1v) is 13.4. The largest absolute Gasteiger partial charge is 0.493 e. The summed E-state index contributed by atoms with van der Waals surface area (Å²) in [5.41, 5.74) is 0.746. The molecule has 0 spiro atoms. The molecule has 0 saturated carbocycles. The van der Waals surface area contributed by atoms with E-state index in [0.29, 0.717) is 50.4 Å². The van der Waals surface area contributed by atoms with E-state index in [-0.39, 0.29) is 24.3 Å². The molecule has 0 bridgehead atoms. The molecule has 0 radical (unpaired) electrons. The molecule has 2 aliphatic heterocycles. The van der Waals surface area contributed by atoms with Crippen molar-refractivity contribution in [3.05, 3.63) is 29.8 Å². The summed E-state index contributed by atoms with van der Waals surface area (Å²) in [5, 5.41) is 12.2. The summed E-state index contributed by atoms with van der Waals surface area (Å²) in [5.74, 6) is 1.10. The van der Waals surface area contributed by atoms with E-state index < -0.39 is 12.0 Å². The number of carboxylic acids is 1. The average molecular weight is 502 g/mol. The molecule has 0 aromatic heterocycles. The number of ether oxygens (including phenoxy) is 1. The van der Waals surface area contributed by atoms with Gasteiger partial charge in [-0.2, -0.15) is 0 Å². The Kier molecular flexibility index (Phi) is 10.2. The van der Waals surface area contributed by atoms with Gasteiger partial charge in [0, 0.05) is 26.2 Å². The van der Waals surface area contributed by atoms with Crippen molar-refractivity contribution in [2.75, 3.05) is 32.8 Å². The average Bonchev–Trinajstić information content (AvgIpc) is 2.83. The molecule has 36 heavy (non-hydrogen) atoms. The van der Waals surface area contributed by atoms with Crippen LogP contribution in [0.25, 0.3) is 0 Å². The fourth-order valence-electron chi connectivity index (χ4n) is 5.15. The second-order valence-electron chi connectivity index (χ2n) is 11.1. The predicted octanol–water partition coefficient (Wildman–Crippen LogP) is 3.19. The Morgan fingerprint density at radius 3 is 2.31 bits per heavy atom. The van der Waals surface area contributed by atoms with Gasteiger partial charge in [-0.3, -0.25) is 14.4 Å². The minimum Gasteiger partial charge on any atom is -0.493 e. The number of carboxylic acid groups (broad SMARTS) is 1. The summed E-state index contributed by atoms with van der Waals surface area (Å²) in [6, 6.07) is 6.58. The summed E-state index contributed by atoms with van der Waals surface area (Å²) >= 11 is 0. The molecule has 1 aromatic rings. The highest BCUT2D eigenvalue weighted by atomic mass is 16.5. The smallest absolute Gasteiger partial charge is 0.307 e. The third-order valence-corrected chi connectivity index (χ3v) is 7.08. The SMILES string of the molecule is CC(C)CC1NCCN(C(CC(C)C)C(=O)N2CCC(COc3ccc(CC(=O)O)cc3)CC2)C1=O. The second kappa shape index (κ2) is 13.1. The Labute approximate surface area is 215 Å². The molecule has 3 rings (SSSR count). The number of likely N-dealkylation sites (tertiary alicyclic amines) is 1. The minimum atomic E-state index is -0.850. The van der Waals surface area contributed by atoms with E-state index in [0.717, 1.165) is 37.1 Å². The van der Waals surface area contributed by atoms with Gasteiger partial charge in [-0.1, -0.05) is 39.8 Å². The summed E-state index contributed by atoms with van der Waals surface area (Å²) in [7, 11) is 0. The van der Waals surface area contributed by atoms with E-state index in [1.165, 1.54) is 0 Å². The van der Waals surface area contributed by atoms with Crippen molar-refractivity contribution in [2.24, 2.45) is 17.8 Å². The Bertz CT molecular complexity index is 878. The van der Waals surface area contributed by atoms with E-state index >= 15 is 0 Å². The number of nitrogens with one attached hydrogen (secondary N) is 1. The van der Waals surface area contributed by atoms with Crippen molar-refractivity contribution in [2.45, 2.75) is 71.9 Å². The molecule has 2 unspecified atom stereocenters. The standard InChI is InChI=1S/C28H43N3O5/c1-19(2)15-24-27(34)31(14-11-29-24)25(16-20(3)4)28(35)30-12-9-22(10-13-30)18-36-23-7-5-21(6-8-23)17-26(32)33/h5-8,19-20,22,24-25,29H,9-18H2,1-4H3,(H,32,33). The van der Waals surface area contributed by atoms with E-state index in [1.807, 2.05) is 21.9 Å². The topological polar surface area (TPSA) is 99.2 Å². The molecule has 2 fully saturated rings. The van der Waals surface area contributed by atoms with E-state index in [1.54, 1.807) is 12.1 Å². The first kappa shape index (κ1) is 28.0. The van der Waals surface area contributed by atoms with Crippen LogP contribution in [-0.2, 0) is 20.8 Å². The van der Waals surface area contributed by atoms with Crippen molar-refractivity contribution >= 4 is 17.8 Å². The van der Waals surface area contributed by atoms with Crippen LogP contribution in [0.1, 0.15) is 58.9 Å². The van der Waals surface area contributed by atoms with Crippen LogP contribution in [0.4, 0.5) is 0 Å². The van der Waals surface area contributed by atoms with Gasteiger partial charge in [-0.25, -0.2) is 0 Å². The van der Waals surface area contributed by atoms with E-state index in [2.05, 4.69) is 33.0 Å². The van der Waals surface area contributed by atoms with Crippen LogP contribution in [0.15, 0.2) is 24.3 Å². The summed E-state index contributed by atoms with van der Waals surface area (Å²) in [6.45, 7) is 11.7. The lowest BCUT2D eigenvalue weighted by Crippen LogP contribution is -2.62. The maximum Gasteiger partial charge on any atom is 0.307 e. The molecule has 0 aliphatic carbocycles. The monoisotopic (exact) mass is 501 g/mol. The van der Waals surface area contributed by atoms with Crippen LogP contribution in [0.3, 0.4) is 0 Å². The number of carbonyl (C=O) groups is 3. The predicted molar refractivity (Wildman–Crippen MR) is 139 cm³/mol. The Balaban J connectivity index is 1.54. The van der Waals surface area contributed by atoms with Gasteiger partial charge in [0.25, 0.3) is 0 Å². The van der Waals surface area contributed by atoms with Gasteiger partial charge >= 0.3 is 5.97 Å². The number of carbonyl (C=O) groups excluding carboxylic acids is 2. The van der Waals surface area contributed by atoms with Crippen molar-refractivity contribution in [3.63, 3.8) is 0 Å². The fourth-order valence-corrected chi connectivity index (χ4v) is 5.15. The van der Waals surface area contributed by atoms with Crippen molar-refractivity contribution < 1.29 is 24.2 Å². The second-order valence-corrected chi connectivity index (χ2v) is 11.1. The normalized spacial score (nSPS) is 20.2. The van der Waals surface area contributed by atoms with Crippen molar-refractivity contribution in [3.8, 4) is 5.75 Å². The Morgan fingerprint density at radius 2 is 1.72 bits per heavy atom. The van der Waals surface area contributed by atoms with Gasteiger partial charge in [-0.05, 0) is 61.1 Å². The molecular formula is C28H43N3O5. The zero-order chi connectivity index (χ0) is 26.2. The zero-order valence-corrected chi connectivity index (χ0v) is 22.2. The van der Waals surface area contributed by atoms with E-state index in [4.69, 9.17) is 9.84 Å². The van der Waals surface area contributed by atoms with Gasteiger partial charge in [0.2, 0.25) is 11.8 Å². The fraction of sp³-hybridized carbons (Fsp3) is 0.679. The number of rotatable bonds is 11. The molecule has 8 heteroatoms. The lowest BCUT2D eigenvalue weighted by molar-refractivity contribution is -0.150. The van der Waals surface area contributed by atoms with Crippen LogP contribution in [0.5, 0.6) is 5.75 Å². The number of piperazine rings is 1. The van der Waals surface area contributed by atoms with Gasteiger partial charge < -0.3 is 25.0 Å². The van der Waals surface area contributed by atoms with Gasteiger partial charge in [-0.15, -0.1) is 0 Å². The number of benzene rings is 1. The van der Waals surface area contributed by atoms with Crippen LogP contribution < -0.4 is 10.1 Å². The molecule has 1 aromatic carbocycles. The zero-order valence-electron chi connectivity index (χ0n) is 22.2. The Morgan fingerprint density at radius 1 is 1.06 bits per heavy atom. The molecule has 2 atom stereocenters. The number of hydrogen-bond donors (Lipinski definition) is 2. The van der Waals surface area contributed by atoms with Crippen LogP contribution in [0.2, 0.25) is 0 Å². The number of piperidine rings is 1. The summed E-state index contributed by atoms with van der Waals surface area (Å²) in [4.78, 5) is 41.5. The lowest BCUT2D eigenvalue weighted by Gasteiger charge is -2.42. The molecule has 2 saturated heterocycles. The van der Waals surface area contributed by atoms with Gasteiger partial charge in [0.15, 0.2) is 0 Å². The third-order valence-electron chi connectivity index (χ3n) is 7.08. The molecule has 2 heterocycles. The maximum atomic E-state index is 13.6. The minimum absolute atomic E-state index is 0.00247. The van der Waals surface area contributed by atoms with Gasteiger partial charge in [0.1, 0.15) is 11.8 Å². The third kappa shape index (κ3) is 7.95. The lowest BCUT2D eigenvalue weighted by atomic mass is 9.94. The molecular weight excluding hydrogens is 458 g/mol. The first-order chi connectivity index (χ1) is 17.1. The van der Waals surface area contributed by atoms with Crippen LogP contribution >= 0.6 is 0 Å². The van der Waals surface area contributed by atoms with Crippen LogP contribution in [0, 0.1) is 17.8 Å². The van der Waals surface area contributed by atoms with E-state index in [9.17, 15) is 14.4 Å². The van der Waals surface area contributed by atoms with Crippen LogP contribution in [-0.4, -0.2) is 77.6 Å². The number of hydrogen-bond acceptors (Lipinski definition) is 5. The van der Waals surface area contributed by atoms with Crippen molar-refractivity contribution in [1.29, 1.82) is 0 Å². The summed E-state index contributed by atoms with van der Waals surface area (Å²) < 4.78 is 5.94. The highest BCUT2D eigenvalue weighted by molar-refractivity contribution is 5.90. The number of nitrogens with zero attached hydrogens (tertiary/aromatic N) is 2. The van der Waals surface area contributed by atoms with Gasteiger partial charge in [0.05, 0.1) is 19.1 Å². The molecule has 2 amide bonds. The highest BCUT2D eigenvalue weighted by Crippen LogP contribution is 2.24. The first-order valence-electron chi connectivity index (χ1n) is 13.4. The highest BCUT2D eigenvalue weighted by Gasteiger charge is 2.39. The molecule has 8 nitrogen and oxygen atoms in total. The molecule has 200 valence electrons. The molecule has 2 aliphatic rings. The number of aliphatic carboxylic acids is 1. The van der Waals surface area contributed by atoms with Crippen molar-refractivity contribution in [1.82, 2.24) is 15.1 Å². The quantitative estimate of drug-likeness (QED) is 0.483. The maximum absolute atomic E-state index is 13.6.